The Hall–Kier alpha value is -2.67. The van der Waals surface area contributed by atoms with E-state index in [1.165, 1.54) is 18.2 Å². The number of nitrogens with two attached hydrogens (primary N) is 1. The van der Waals surface area contributed by atoms with Crippen LogP contribution in [0.2, 0.25) is 5.02 Å². The zero-order valence-electron chi connectivity index (χ0n) is 11.9. The molecule has 2 rings (SSSR count). The lowest BCUT2D eigenvalue weighted by atomic mass is 10.2. The molecule has 0 heterocycles. The number of halogens is 1. The predicted molar refractivity (Wildman–Crippen MR) is 84.4 cm³/mol. The third-order valence-electron chi connectivity index (χ3n) is 2.95. The molecule has 0 saturated heterocycles. The second-order valence-corrected chi connectivity index (χ2v) is 4.88. The van der Waals surface area contributed by atoms with Crippen molar-refractivity contribution in [2.24, 2.45) is 10.2 Å². The molecule has 114 valence electrons. The van der Waals surface area contributed by atoms with Crippen LogP contribution in [0.1, 0.15) is 5.56 Å². The first-order valence-corrected chi connectivity index (χ1v) is 6.60. The summed E-state index contributed by atoms with van der Waals surface area (Å²) in [5.74, 6) is 0.657. The van der Waals surface area contributed by atoms with Crippen molar-refractivity contribution in [3.8, 4) is 5.75 Å². The molecule has 22 heavy (non-hydrogen) atoms. The first-order chi connectivity index (χ1) is 10.4. The summed E-state index contributed by atoms with van der Waals surface area (Å²) in [7, 11) is 1.56. The summed E-state index contributed by atoms with van der Waals surface area (Å²) in [5.41, 5.74) is 7.82. The summed E-state index contributed by atoms with van der Waals surface area (Å²) in [6, 6.07) is 7.34. The average molecular weight is 321 g/mol. The number of nitrogen functional groups attached to an aromatic ring is 1. The number of azo groups is 1. The fourth-order valence-electron chi connectivity index (χ4n) is 1.79. The van der Waals surface area contributed by atoms with Gasteiger partial charge in [-0.15, -0.1) is 10.2 Å². The van der Waals surface area contributed by atoms with Gasteiger partial charge in [-0.3, -0.25) is 10.1 Å². The third kappa shape index (κ3) is 3.32. The van der Waals surface area contributed by atoms with Crippen molar-refractivity contribution in [3.05, 3.63) is 51.0 Å². The Morgan fingerprint density at radius 1 is 1.23 bits per heavy atom. The van der Waals surface area contributed by atoms with Crippen LogP contribution in [0.15, 0.2) is 40.6 Å². The van der Waals surface area contributed by atoms with Crippen LogP contribution in [0.3, 0.4) is 0 Å². The molecule has 0 aromatic heterocycles. The van der Waals surface area contributed by atoms with E-state index in [0.29, 0.717) is 22.8 Å². The van der Waals surface area contributed by atoms with Gasteiger partial charge >= 0.3 is 0 Å². The summed E-state index contributed by atoms with van der Waals surface area (Å²) in [5, 5.41) is 18.8. The maximum absolute atomic E-state index is 10.7. The molecule has 2 aromatic carbocycles. The molecule has 0 radical (unpaired) electrons. The smallest absolute Gasteiger partial charge is 0.271 e. The quantitative estimate of drug-likeness (QED) is 0.386. The standard InChI is InChI=1S/C14H13ClN4O3/c1-8-5-13(11(16)7-14(8)22-2)18-17-12-4-3-9(19(20)21)6-10(12)15/h3-7H,16H2,1-2H3/b18-17+. The Kier molecular flexibility index (Phi) is 4.57. The molecule has 2 N–H and O–H groups in total. The molecule has 0 aliphatic rings. The van der Waals surface area contributed by atoms with E-state index in [1.807, 2.05) is 6.92 Å². The number of benzene rings is 2. The average Bonchev–Trinajstić information content (AvgIpc) is 2.48. The van der Waals surface area contributed by atoms with Gasteiger partial charge in [0.05, 0.1) is 22.7 Å². The molecule has 8 heteroatoms. The molecule has 0 fully saturated rings. The molecule has 0 aliphatic carbocycles. The van der Waals surface area contributed by atoms with Gasteiger partial charge in [0.1, 0.15) is 17.1 Å². The van der Waals surface area contributed by atoms with Gasteiger partial charge in [-0.1, -0.05) is 11.6 Å². The molecule has 0 bridgehead atoms. The fourth-order valence-corrected chi connectivity index (χ4v) is 2.01. The van der Waals surface area contributed by atoms with Crippen molar-refractivity contribution in [2.75, 3.05) is 12.8 Å². The van der Waals surface area contributed by atoms with Gasteiger partial charge in [0.25, 0.3) is 5.69 Å². The van der Waals surface area contributed by atoms with E-state index in [9.17, 15) is 10.1 Å². The van der Waals surface area contributed by atoms with E-state index in [0.717, 1.165) is 5.56 Å². The first kappa shape index (κ1) is 15.7. The highest BCUT2D eigenvalue weighted by Crippen LogP contribution is 2.34. The summed E-state index contributed by atoms with van der Waals surface area (Å²) in [6.07, 6.45) is 0. The van der Waals surface area contributed by atoms with Crippen LogP contribution in [-0.4, -0.2) is 12.0 Å². The summed E-state index contributed by atoms with van der Waals surface area (Å²) < 4.78 is 5.16. The van der Waals surface area contributed by atoms with E-state index >= 15 is 0 Å². The Balaban J connectivity index is 2.33. The molecular weight excluding hydrogens is 308 g/mol. The Bertz CT molecular complexity index is 762. The van der Waals surface area contributed by atoms with Crippen molar-refractivity contribution in [1.82, 2.24) is 0 Å². The summed E-state index contributed by atoms with van der Waals surface area (Å²) in [6.45, 7) is 1.86. The number of anilines is 1. The number of rotatable bonds is 4. The van der Waals surface area contributed by atoms with Gasteiger partial charge in [-0.25, -0.2) is 0 Å². The third-order valence-corrected chi connectivity index (χ3v) is 3.25. The molecule has 0 saturated carbocycles. The van der Waals surface area contributed by atoms with Crippen molar-refractivity contribution in [1.29, 1.82) is 0 Å². The molecule has 2 aromatic rings. The lowest BCUT2D eigenvalue weighted by Gasteiger charge is -2.07. The molecule has 0 spiro atoms. The SMILES string of the molecule is COc1cc(N)c(/N=N/c2ccc([N+](=O)[O-])cc2Cl)cc1C. The molecule has 0 atom stereocenters. The zero-order chi connectivity index (χ0) is 16.3. The first-order valence-electron chi connectivity index (χ1n) is 6.22. The minimum absolute atomic E-state index is 0.108. The van der Waals surface area contributed by atoms with Crippen molar-refractivity contribution >= 4 is 34.4 Å². The minimum Gasteiger partial charge on any atom is -0.496 e. The van der Waals surface area contributed by atoms with Crippen molar-refractivity contribution < 1.29 is 9.66 Å². The topological polar surface area (TPSA) is 103 Å². The Labute approximate surface area is 131 Å². The number of non-ortho nitro benzene ring substituents is 1. The Morgan fingerprint density at radius 2 is 1.91 bits per heavy atom. The predicted octanol–water partition coefficient (Wildman–Crippen LogP) is 4.56. The van der Waals surface area contributed by atoms with E-state index in [-0.39, 0.29) is 10.7 Å². The highest BCUT2D eigenvalue weighted by Gasteiger charge is 2.09. The number of nitrogens with zero attached hydrogens (tertiary/aromatic N) is 3. The van der Waals surface area contributed by atoms with E-state index in [2.05, 4.69) is 10.2 Å². The summed E-state index contributed by atoms with van der Waals surface area (Å²) >= 11 is 5.95. The van der Waals surface area contributed by atoms with Crippen LogP contribution in [-0.2, 0) is 0 Å². The van der Waals surface area contributed by atoms with Gasteiger partial charge in [-0.05, 0) is 24.6 Å². The van der Waals surface area contributed by atoms with E-state index < -0.39 is 4.92 Å². The molecular formula is C14H13ClN4O3. The fraction of sp³-hybridized carbons (Fsp3) is 0.143. The molecule has 7 nitrogen and oxygen atoms in total. The largest absolute Gasteiger partial charge is 0.496 e. The van der Waals surface area contributed by atoms with Gasteiger partial charge in [0.15, 0.2) is 0 Å². The van der Waals surface area contributed by atoms with Crippen LogP contribution < -0.4 is 10.5 Å². The van der Waals surface area contributed by atoms with Crippen LogP contribution in [0, 0.1) is 17.0 Å². The highest BCUT2D eigenvalue weighted by molar-refractivity contribution is 6.33. The maximum Gasteiger partial charge on any atom is 0.271 e. The second kappa shape index (κ2) is 6.40. The van der Waals surface area contributed by atoms with Gasteiger partial charge < -0.3 is 10.5 Å². The van der Waals surface area contributed by atoms with Crippen molar-refractivity contribution in [2.45, 2.75) is 6.92 Å². The second-order valence-electron chi connectivity index (χ2n) is 4.47. The monoisotopic (exact) mass is 320 g/mol. The van der Waals surface area contributed by atoms with Gasteiger partial charge in [0.2, 0.25) is 0 Å². The number of nitro benzene ring substituents is 1. The van der Waals surface area contributed by atoms with Crippen molar-refractivity contribution in [3.63, 3.8) is 0 Å². The highest BCUT2D eigenvalue weighted by atomic mass is 35.5. The van der Waals surface area contributed by atoms with Crippen LogP contribution >= 0.6 is 11.6 Å². The van der Waals surface area contributed by atoms with E-state index in [4.69, 9.17) is 22.1 Å². The normalized spacial score (nSPS) is 10.9. The number of hydrogen-bond acceptors (Lipinski definition) is 6. The van der Waals surface area contributed by atoms with Crippen LogP contribution in [0.4, 0.5) is 22.7 Å². The maximum atomic E-state index is 10.7. The zero-order valence-corrected chi connectivity index (χ0v) is 12.7. The molecule has 0 unspecified atom stereocenters. The Morgan fingerprint density at radius 3 is 2.50 bits per heavy atom. The van der Waals surface area contributed by atoms with Gasteiger partial charge in [-0.2, -0.15) is 0 Å². The molecule has 0 amide bonds. The lowest BCUT2D eigenvalue weighted by molar-refractivity contribution is -0.384. The number of nitro groups is 1. The van der Waals surface area contributed by atoms with Crippen LogP contribution in [0.5, 0.6) is 5.75 Å². The summed E-state index contributed by atoms with van der Waals surface area (Å²) in [4.78, 5) is 10.1. The number of hydrogen-bond donors (Lipinski definition) is 1. The van der Waals surface area contributed by atoms with Gasteiger partial charge in [0, 0.05) is 18.2 Å². The lowest BCUT2D eigenvalue weighted by Crippen LogP contribution is -1.91. The van der Waals surface area contributed by atoms with E-state index in [1.54, 1.807) is 19.2 Å². The number of ether oxygens (including phenoxy) is 1. The minimum atomic E-state index is -0.530. The number of aryl methyl sites for hydroxylation is 1. The number of methoxy groups -OCH3 is 1. The molecule has 0 aliphatic heterocycles. The van der Waals surface area contributed by atoms with Crippen LogP contribution in [0.25, 0.3) is 0 Å².